The van der Waals surface area contributed by atoms with E-state index >= 15 is 0 Å². The second-order valence-electron chi connectivity index (χ2n) is 10.4. The van der Waals surface area contributed by atoms with Crippen molar-refractivity contribution in [2.45, 2.75) is 43.7 Å². The Morgan fingerprint density at radius 2 is 1.78 bits per heavy atom. The summed E-state index contributed by atoms with van der Waals surface area (Å²) in [7, 11) is -0.146. The number of aliphatic hydroxyl groups is 1. The second-order valence-corrected chi connectivity index (χ2v) is 12.3. The Hall–Kier alpha value is -2.17. The van der Waals surface area contributed by atoms with Gasteiger partial charge in [0.25, 0.3) is 0 Å². The summed E-state index contributed by atoms with van der Waals surface area (Å²) in [6.45, 7) is 7.03. The minimum Gasteiger partial charge on any atom is -0.497 e. The molecular weight excluding hydrogens is 492 g/mol. The maximum atomic E-state index is 13.7. The quantitative estimate of drug-likeness (QED) is 0.557. The van der Waals surface area contributed by atoms with Crippen LogP contribution in [-0.2, 0) is 14.8 Å². The summed E-state index contributed by atoms with van der Waals surface area (Å²) in [6.07, 6.45) is 1.89. The lowest BCUT2D eigenvalue weighted by molar-refractivity contribution is 0.0402. The normalized spacial score (nSPS) is 23.5. The number of fused-ring (bicyclic) bond motifs is 1. The van der Waals surface area contributed by atoms with Crippen LogP contribution >= 0.6 is 0 Å². The van der Waals surface area contributed by atoms with Crippen LogP contribution in [0.15, 0.2) is 47.4 Å². The van der Waals surface area contributed by atoms with E-state index in [1.54, 1.807) is 26.2 Å². The largest absolute Gasteiger partial charge is 0.497 e. The molecule has 1 fully saturated rings. The highest BCUT2D eigenvalue weighted by molar-refractivity contribution is 7.89. The standard InChI is InChI=1S/C28H40N2O6S/c1-20-16-30(21(2)19-31)37(32,33)28-10-7-24(23-5-8-25(34-4)9-6-23)15-26(28)36-27(20)18-29(3)17-22-11-13-35-14-12-22/h5-10,15,20-22,27,31H,11-14,16-19H2,1-4H3/t20-,21-,27+/m1/s1. The third-order valence-electron chi connectivity index (χ3n) is 7.49. The summed E-state index contributed by atoms with van der Waals surface area (Å²) in [5.41, 5.74) is 1.80. The lowest BCUT2D eigenvalue weighted by atomic mass is 9.98. The molecule has 0 spiro atoms. The molecule has 37 heavy (non-hydrogen) atoms. The summed E-state index contributed by atoms with van der Waals surface area (Å²) in [5, 5.41) is 9.88. The first-order chi connectivity index (χ1) is 17.7. The number of methoxy groups -OCH3 is 1. The summed E-state index contributed by atoms with van der Waals surface area (Å²) in [4.78, 5) is 2.43. The van der Waals surface area contributed by atoms with Crippen LogP contribution in [-0.4, -0.2) is 88.5 Å². The molecule has 0 saturated carbocycles. The number of hydrogen-bond donors (Lipinski definition) is 1. The number of hydrogen-bond acceptors (Lipinski definition) is 7. The molecule has 1 saturated heterocycles. The molecule has 0 aromatic heterocycles. The molecule has 2 aliphatic rings. The molecule has 0 aliphatic carbocycles. The fourth-order valence-corrected chi connectivity index (χ4v) is 6.98. The molecule has 9 heteroatoms. The van der Waals surface area contributed by atoms with Crippen molar-refractivity contribution in [3.8, 4) is 22.6 Å². The Labute approximate surface area is 221 Å². The highest BCUT2D eigenvalue weighted by atomic mass is 32.2. The maximum Gasteiger partial charge on any atom is 0.247 e. The van der Waals surface area contributed by atoms with Crippen molar-refractivity contribution in [2.75, 3.05) is 53.6 Å². The summed E-state index contributed by atoms with van der Waals surface area (Å²) >= 11 is 0. The number of benzene rings is 2. The minimum atomic E-state index is -3.87. The molecule has 0 radical (unpaired) electrons. The number of ether oxygens (including phenoxy) is 3. The van der Waals surface area contributed by atoms with Gasteiger partial charge in [-0.2, -0.15) is 4.31 Å². The predicted molar refractivity (Wildman–Crippen MR) is 143 cm³/mol. The molecule has 2 aromatic rings. The van der Waals surface area contributed by atoms with Gasteiger partial charge < -0.3 is 24.2 Å². The predicted octanol–water partition coefficient (Wildman–Crippen LogP) is 3.49. The Morgan fingerprint density at radius 3 is 2.43 bits per heavy atom. The lowest BCUT2D eigenvalue weighted by Gasteiger charge is -2.38. The molecule has 0 unspecified atom stereocenters. The summed E-state index contributed by atoms with van der Waals surface area (Å²) in [5.74, 6) is 1.60. The van der Waals surface area contributed by atoms with Gasteiger partial charge in [0.2, 0.25) is 10.0 Å². The van der Waals surface area contributed by atoms with Crippen LogP contribution in [0.4, 0.5) is 0 Å². The molecular formula is C28H40N2O6S. The topological polar surface area (TPSA) is 88.5 Å². The molecule has 1 N–H and O–H groups in total. The van der Waals surface area contributed by atoms with Gasteiger partial charge in [0.1, 0.15) is 22.5 Å². The van der Waals surface area contributed by atoms with Gasteiger partial charge in [-0.1, -0.05) is 25.1 Å². The Kier molecular flexibility index (Phi) is 9.13. The van der Waals surface area contributed by atoms with Crippen molar-refractivity contribution in [3.05, 3.63) is 42.5 Å². The van der Waals surface area contributed by atoms with Crippen molar-refractivity contribution in [1.29, 1.82) is 0 Å². The summed E-state index contributed by atoms with van der Waals surface area (Å²) in [6, 6.07) is 12.4. The van der Waals surface area contributed by atoms with E-state index in [1.165, 1.54) is 4.31 Å². The molecule has 0 amide bonds. The van der Waals surface area contributed by atoms with E-state index in [2.05, 4.69) is 11.9 Å². The fourth-order valence-electron chi connectivity index (χ4n) is 5.16. The minimum absolute atomic E-state index is 0.0845. The first-order valence-electron chi connectivity index (χ1n) is 13.1. The third kappa shape index (κ3) is 6.46. The molecule has 3 atom stereocenters. The van der Waals surface area contributed by atoms with E-state index in [9.17, 15) is 13.5 Å². The number of nitrogens with zero attached hydrogens (tertiary/aromatic N) is 2. The van der Waals surface area contributed by atoms with Crippen LogP contribution in [0.3, 0.4) is 0 Å². The van der Waals surface area contributed by atoms with E-state index in [0.717, 1.165) is 49.5 Å². The van der Waals surface area contributed by atoms with Crippen molar-refractivity contribution in [3.63, 3.8) is 0 Å². The number of likely N-dealkylation sites (N-methyl/N-ethyl adjacent to an activating group) is 1. The van der Waals surface area contributed by atoms with Crippen molar-refractivity contribution < 1.29 is 27.7 Å². The van der Waals surface area contributed by atoms with E-state index in [-0.39, 0.29) is 30.1 Å². The second kappa shape index (κ2) is 12.1. The highest BCUT2D eigenvalue weighted by Gasteiger charge is 2.38. The number of sulfonamides is 1. The van der Waals surface area contributed by atoms with E-state index in [1.807, 2.05) is 37.3 Å². The Morgan fingerprint density at radius 1 is 1.11 bits per heavy atom. The molecule has 2 heterocycles. The van der Waals surface area contributed by atoms with Crippen LogP contribution in [0.25, 0.3) is 11.1 Å². The first-order valence-corrected chi connectivity index (χ1v) is 14.5. The van der Waals surface area contributed by atoms with Crippen LogP contribution in [0.5, 0.6) is 11.5 Å². The molecule has 2 aliphatic heterocycles. The monoisotopic (exact) mass is 532 g/mol. The van der Waals surface area contributed by atoms with E-state index < -0.39 is 16.1 Å². The zero-order valence-electron chi connectivity index (χ0n) is 22.3. The molecule has 204 valence electrons. The van der Waals surface area contributed by atoms with Crippen molar-refractivity contribution in [2.24, 2.45) is 11.8 Å². The highest BCUT2D eigenvalue weighted by Crippen LogP contribution is 2.37. The summed E-state index contributed by atoms with van der Waals surface area (Å²) < 4.78 is 46.2. The van der Waals surface area contributed by atoms with Gasteiger partial charge in [-0.25, -0.2) is 8.42 Å². The van der Waals surface area contributed by atoms with Crippen LogP contribution in [0.2, 0.25) is 0 Å². The van der Waals surface area contributed by atoms with Gasteiger partial charge in [-0.3, -0.25) is 0 Å². The zero-order valence-corrected chi connectivity index (χ0v) is 23.1. The smallest absolute Gasteiger partial charge is 0.247 e. The first kappa shape index (κ1) is 27.9. The van der Waals surface area contributed by atoms with Crippen molar-refractivity contribution in [1.82, 2.24) is 9.21 Å². The fraction of sp³-hybridized carbons (Fsp3) is 0.571. The zero-order chi connectivity index (χ0) is 26.6. The van der Waals surface area contributed by atoms with Gasteiger partial charge in [-0.05, 0) is 68.1 Å². The Bertz CT molecular complexity index is 1130. The van der Waals surface area contributed by atoms with E-state index in [4.69, 9.17) is 14.2 Å². The molecule has 4 rings (SSSR count). The van der Waals surface area contributed by atoms with E-state index in [0.29, 0.717) is 18.2 Å². The van der Waals surface area contributed by atoms with Gasteiger partial charge in [0, 0.05) is 44.8 Å². The number of rotatable bonds is 8. The lowest BCUT2D eigenvalue weighted by Crippen LogP contribution is -2.50. The van der Waals surface area contributed by atoms with Gasteiger partial charge in [0.15, 0.2) is 0 Å². The Balaban J connectivity index is 1.68. The molecule has 2 aromatic carbocycles. The van der Waals surface area contributed by atoms with Crippen LogP contribution < -0.4 is 9.47 Å². The SMILES string of the molecule is COc1ccc(-c2ccc3c(c2)O[C@@H](CN(C)CC2CCOCC2)[C@H](C)CN([C@H](C)CO)S3(=O)=O)cc1. The van der Waals surface area contributed by atoms with Gasteiger partial charge in [-0.15, -0.1) is 0 Å². The van der Waals surface area contributed by atoms with Gasteiger partial charge >= 0.3 is 0 Å². The average molecular weight is 533 g/mol. The van der Waals surface area contributed by atoms with Crippen LogP contribution in [0, 0.1) is 11.8 Å². The van der Waals surface area contributed by atoms with Crippen LogP contribution in [0.1, 0.15) is 26.7 Å². The molecule has 0 bridgehead atoms. The molecule has 8 nitrogen and oxygen atoms in total. The maximum absolute atomic E-state index is 13.7. The number of aliphatic hydroxyl groups excluding tert-OH is 1. The third-order valence-corrected chi connectivity index (χ3v) is 9.51. The van der Waals surface area contributed by atoms with Crippen molar-refractivity contribution >= 4 is 10.0 Å². The van der Waals surface area contributed by atoms with Gasteiger partial charge in [0.05, 0.1) is 13.7 Å². The average Bonchev–Trinajstić information content (AvgIpc) is 2.90.